The SMILES string of the molecule is N#Cc1ccc(-c2ccnc3nc(-c4ccc(N5CCCCC5)cc4)nn23)cc1. The lowest BCUT2D eigenvalue weighted by Crippen LogP contribution is -2.29. The first-order valence-electron chi connectivity index (χ1n) is 9.89. The summed E-state index contributed by atoms with van der Waals surface area (Å²) < 4.78 is 1.76. The third-order valence-corrected chi connectivity index (χ3v) is 5.40. The van der Waals surface area contributed by atoms with Crippen molar-refractivity contribution in [2.24, 2.45) is 0 Å². The Bertz CT molecular complexity index is 1180. The van der Waals surface area contributed by atoms with Crippen molar-refractivity contribution in [3.05, 3.63) is 66.4 Å². The third kappa shape index (κ3) is 3.32. The van der Waals surface area contributed by atoms with Crippen molar-refractivity contribution < 1.29 is 0 Å². The molecule has 1 aliphatic rings. The second-order valence-electron chi connectivity index (χ2n) is 7.26. The van der Waals surface area contributed by atoms with Crippen LogP contribution in [0.15, 0.2) is 60.8 Å². The summed E-state index contributed by atoms with van der Waals surface area (Å²) in [5.74, 6) is 1.21. The summed E-state index contributed by atoms with van der Waals surface area (Å²) in [5, 5.41) is 13.7. The van der Waals surface area contributed by atoms with E-state index in [0.29, 0.717) is 17.2 Å². The van der Waals surface area contributed by atoms with Crippen molar-refractivity contribution in [2.45, 2.75) is 19.3 Å². The second-order valence-corrected chi connectivity index (χ2v) is 7.26. The molecule has 2 aromatic heterocycles. The maximum atomic E-state index is 9.01. The predicted molar refractivity (Wildman–Crippen MR) is 112 cm³/mol. The van der Waals surface area contributed by atoms with Gasteiger partial charge in [-0.05, 0) is 61.7 Å². The minimum atomic E-state index is 0.557. The zero-order valence-corrected chi connectivity index (χ0v) is 16.0. The zero-order chi connectivity index (χ0) is 19.6. The van der Waals surface area contributed by atoms with Gasteiger partial charge in [0.15, 0.2) is 5.82 Å². The number of nitriles is 1. The molecule has 142 valence electrons. The van der Waals surface area contributed by atoms with E-state index in [1.807, 2.05) is 18.2 Å². The van der Waals surface area contributed by atoms with Gasteiger partial charge < -0.3 is 4.90 Å². The fourth-order valence-electron chi connectivity index (χ4n) is 3.82. The first kappa shape index (κ1) is 17.4. The van der Waals surface area contributed by atoms with E-state index in [-0.39, 0.29) is 0 Å². The number of nitrogens with zero attached hydrogens (tertiary/aromatic N) is 6. The highest BCUT2D eigenvalue weighted by Crippen LogP contribution is 2.25. The molecule has 6 nitrogen and oxygen atoms in total. The lowest BCUT2D eigenvalue weighted by atomic mass is 10.1. The number of hydrogen-bond donors (Lipinski definition) is 0. The van der Waals surface area contributed by atoms with Crippen LogP contribution < -0.4 is 4.90 Å². The van der Waals surface area contributed by atoms with Crippen LogP contribution >= 0.6 is 0 Å². The van der Waals surface area contributed by atoms with Crippen LogP contribution in [-0.2, 0) is 0 Å². The van der Waals surface area contributed by atoms with Gasteiger partial charge in [0, 0.05) is 36.1 Å². The number of hydrogen-bond acceptors (Lipinski definition) is 5. The molecule has 0 radical (unpaired) electrons. The summed E-state index contributed by atoms with van der Waals surface area (Å²) >= 11 is 0. The summed E-state index contributed by atoms with van der Waals surface area (Å²) in [7, 11) is 0. The van der Waals surface area contributed by atoms with E-state index >= 15 is 0 Å². The first-order chi connectivity index (χ1) is 14.3. The highest BCUT2D eigenvalue weighted by molar-refractivity contribution is 5.65. The molecule has 1 aliphatic heterocycles. The molecule has 2 aromatic carbocycles. The Morgan fingerprint density at radius 1 is 0.828 bits per heavy atom. The van der Waals surface area contributed by atoms with Crippen molar-refractivity contribution in [3.63, 3.8) is 0 Å². The van der Waals surface area contributed by atoms with Crippen LogP contribution in [0, 0.1) is 11.3 Å². The Morgan fingerprint density at radius 3 is 2.28 bits per heavy atom. The number of anilines is 1. The van der Waals surface area contributed by atoms with Gasteiger partial charge in [0.1, 0.15) is 0 Å². The van der Waals surface area contributed by atoms with Crippen LogP contribution in [-0.4, -0.2) is 32.7 Å². The van der Waals surface area contributed by atoms with Crippen molar-refractivity contribution in [1.82, 2.24) is 19.6 Å². The quantitative estimate of drug-likeness (QED) is 0.529. The van der Waals surface area contributed by atoms with E-state index in [1.165, 1.54) is 24.9 Å². The molecular formula is C23H20N6. The molecule has 29 heavy (non-hydrogen) atoms. The van der Waals surface area contributed by atoms with Gasteiger partial charge in [0.05, 0.1) is 17.3 Å². The van der Waals surface area contributed by atoms with E-state index in [0.717, 1.165) is 29.9 Å². The molecule has 1 saturated heterocycles. The van der Waals surface area contributed by atoms with Crippen molar-refractivity contribution in [2.75, 3.05) is 18.0 Å². The molecule has 3 heterocycles. The van der Waals surface area contributed by atoms with E-state index in [1.54, 1.807) is 22.8 Å². The van der Waals surface area contributed by atoms with Crippen LogP contribution in [0.3, 0.4) is 0 Å². The van der Waals surface area contributed by atoms with Gasteiger partial charge in [-0.1, -0.05) is 12.1 Å². The van der Waals surface area contributed by atoms with Crippen LogP contribution in [0.25, 0.3) is 28.4 Å². The summed E-state index contributed by atoms with van der Waals surface area (Å²) in [6.45, 7) is 2.26. The molecule has 0 bridgehead atoms. The topological polar surface area (TPSA) is 70.1 Å². The Morgan fingerprint density at radius 2 is 1.55 bits per heavy atom. The van der Waals surface area contributed by atoms with E-state index < -0.39 is 0 Å². The van der Waals surface area contributed by atoms with Crippen LogP contribution in [0.4, 0.5) is 5.69 Å². The Balaban J connectivity index is 1.49. The monoisotopic (exact) mass is 380 g/mol. The number of aromatic nitrogens is 4. The van der Waals surface area contributed by atoms with E-state index in [9.17, 15) is 0 Å². The summed E-state index contributed by atoms with van der Waals surface area (Å²) in [6.07, 6.45) is 5.59. The summed E-state index contributed by atoms with van der Waals surface area (Å²) in [6, 6.07) is 20.0. The maximum Gasteiger partial charge on any atom is 0.253 e. The van der Waals surface area contributed by atoms with Crippen LogP contribution in [0.1, 0.15) is 24.8 Å². The fraction of sp³-hybridized carbons (Fsp3) is 0.217. The summed E-state index contributed by atoms with van der Waals surface area (Å²) in [5.41, 5.74) is 4.72. The van der Waals surface area contributed by atoms with Gasteiger partial charge in [0.2, 0.25) is 0 Å². The van der Waals surface area contributed by atoms with Gasteiger partial charge in [-0.25, -0.2) is 4.98 Å². The minimum absolute atomic E-state index is 0.557. The van der Waals surface area contributed by atoms with Gasteiger partial charge in [0.25, 0.3) is 5.78 Å². The molecular weight excluding hydrogens is 360 g/mol. The zero-order valence-electron chi connectivity index (χ0n) is 16.0. The average Bonchev–Trinajstić information content (AvgIpc) is 3.24. The van der Waals surface area contributed by atoms with Crippen molar-refractivity contribution in [1.29, 1.82) is 5.26 Å². The molecule has 0 spiro atoms. The maximum absolute atomic E-state index is 9.01. The molecule has 6 heteroatoms. The lowest BCUT2D eigenvalue weighted by Gasteiger charge is -2.28. The fourth-order valence-corrected chi connectivity index (χ4v) is 3.82. The molecule has 0 aliphatic carbocycles. The molecule has 0 N–H and O–H groups in total. The molecule has 1 fully saturated rings. The first-order valence-corrected chi connectivity index (χ1v) is 9.89. The smallest absolute Gasteiger partial charge is 0.253 e. The Labute approximate surface area is 169 Å². The molecule has 0 amide bonds. The molecule has 0 unspecified atom stereocenters. The number of benzene rings is 2. The van der Waals surface area contributed by atoms with E-state index in [4.69, 9.17) is 10.4 Å². The Hall–Kier alpha value is -3.72. The highest BCUT2D eigenvalue weighted by Gasteiger charge is 2.14. The average molecular weight is 380 g/mol. The minimum Gasteiger partial charge on any atom is -0.372 e. The second kappa shape index (κ2) is 7.36. The van der Waals surface area contributed by atoms with Gasteiger partial charge in [-0.2, -0.15) is 14.8 Å². The number of piperidine rings is 1. The summed E-state index contributed by atoms with van der Waals surface area (Å²) in [4.78, 5) is 11.4. The van der Waals surface area contributed by atoms with Crippen molar-refractivity contribution in [3.8, 4) is 28.7 Å². The number of rotatable bonds is 3. The largest absolute Gasteiger partial charge is 0.372 e. The number of fused-ring (bicyclic) bond motifs is 1. The predicted octanol–water partition coefficient (Wildman–Crippen LogP) is 4.32. The third-order valence-electron chi connectivity index (χ3n) is 5.40. The molecule has 4 aromatic rings. The van der Waals surface area contributed by atoms with Crippen LogP contribution in [0.2, 0.25) is 0 Å². The molecule has 0 saturated carbocycles. The van der Waals surface area contributed by atoms with Gasteiger partial charge >= 0.3 is 0 Å². The molecule has 5 rings (SSSR count). The van der Waals surface area contributed by atoms with Crippen LogP contribution in [0.5, 0.6) is 0 Å². The van der Waals surface area contributed by atoms with Gasteiger partial charge in [-0.15, -0.1) is 5.10 Å². The highest BCUT2D eigenvalue weighted by atomic mass is 15.3. The standard InChI is InChI=1S/C23H20N6/c24-16-17-4-6-18(7-5-17)21-12-13-25-23-26-22(27-29(21)23)19-8-10-20(11-9-19)28-14-2-1-3-15-28/h4-13H,1-3,14-15H2. The van der Waals surface area contributed by atoms with E-state index in [2.05, 4.69) is 45.2 Å². The van der Waals surface area contributed by atoms with Gasteiger partial charge in [-0.3, -0.25) is 0 Å². The van der Waals surface area contributed by atoms with Crippen molar-refractivity contribution >= 4 is 11.5 Å². The molecule has 0 atom stereocenters. The lowest BCUT2D eigenvalue weighted by molar-refractivity contribution is 0.578. The normalized spacial score (nSPS) is 14.1. The Kier molecular flexibility index (Phi) is 4.41.